The average molecular weight is 630 g/mol. The lowest BCUT2D eigenvalue weighted by molar-refractivity contribution is 0.538. The lowest BCUT2D eigenvalue weighted by Gasteiger charge is -2.18. The molecule has 0 saturated carbocycles. The normalized spacial score (nSPS) is 11.4. The van der Waals surface area contributed by atoms with Gasteiger partial charge in [-0.1, -0.05) is 140 Å². The van der Waals surface area contributed by atoms with Gasteiger partial charge in [0.1, 0.15) is 5.52 Å². The molecular formula is C45H31N3O. The van der Waals surface area contributed by atoms with Gasteiger partial charge in [0, 0.05) is 22.9 Å². The van der Waals surface area contributed by atoms with Gasteiger partial charge in [0.05, 0.1) is 11.2 Å². The Hall–Kier alpha value is -6.39. The molecule has 0 unspecified atom stereocenters. The van der Waals surface area contributed by atoms with Gasteiger partial charge >= 0.3 is 0 Å². The zero-order valence-corrected chi connectivity index (χ0v) is 27.0. The summed E-state index contributed by atoms with van der Waals surface area (Å²) in [5.41, 5.74) is 12.4. The molecule has 0 bridgehead atoms. The Balaban J connectivity index is 1.24. The molecule has 0 aliphatic carbocycles. The number of aryl methyl sites for hydroxylation is 1. The highest BCUT2D eigenvalue weighted by molar-refractivity contribution is 6.07. The molecule has 49 heavy (non-hydrogen) atoms. The van der Waals surface area contributed by atoms with Crippen LogP contribution in [0.5, 0.6) is 0 Å². The van der Waals surface area contributed by atoms with Crippen molar-refractivity contribution < 1.29 is 4.42 Å². The van der Waals surface area contributed by atoms with Crippen LogP contribution in [-0.4, -0.2) is 15.0 Å². The number of fused-ring (bicyclic) bond motifs is 3. The predicted molar refractivity (Wildman–Crippen MR) is 201 cm³/mol. The molecule has 4 heteroatoms. The molecule has 0 N–H and O–H groups in total. The van der Waals surface area contributed by atoms with Gasteiger partial charge in [-0.05, 0) is 68.4 Å². The van der Waals surface area contributed by atoms with E-state index in [9.17, 15) is 0 Å². The molecule has 0 fully saturated rings. The van der Waals surface area contributed by atoms with Crippen LogP contribution in [0.3, 0.4) is 0 Å². The van der Waals surface area contributed by atoms with Crippen LogP contribution in [0.15, 0.2) is 162 Å². The number of hydrogen-bond acceptors (Lipinski definition) is 4. The van der Waals surface area contributed by atoms with E-state index in [-0.39, 0.29) is 0 Å². The van der Waals surface area contributed by atoms with Gasteiger partial charge in [-0.25, -0.2) is 15.0 Å². The Morgan fingerprint density at radius 3 is 2.06 bits per heavy atom. The van der Waals surface area contributed by atoms with Crippen molar-refractivity contribution >= 4 is 32.8 Å². The van der Waals surface area contributed by atoms with Crippen LogP contribution in [0.4, 0.5) is 0 Å². The lowest BCUT2D eigenvalue weighted by atomic mass is 9.85. The Morgan fingerprint density at radius 2 is 1.18 bits per heavy atom. The van der Waals surface area contributed by atoms with E-state index in [0.29, 0.717) is 5.82 Å². The second kappa shape index (κ2) is 12.0. The zero-order chi connectivity index (χ0) is 32.7. The van der Waals surface area contributed by atoms with Gasteiger partial charge in [0.25, 0.3) is 0 Å². The molecule has 0 amide bonds. The average Bonchev–Trinajstić information content (AvgIpc) is 3.60. The third kappa shape index (κ3) is 5.15. The number of hydrogen-bond donors (Lipinski definition) is 0. The second-order valence-electron chi connectivity index (χ2n) is 12.3. The van der Waals surface area contributed by atoms with E-state index in [1.165, 1.54) is 16.3 Å². The van der Waals surface area contributed by atoms with Crippen molar-refractivity contribution in [2.75, 3.05) is 0 Å². The van der Waals surface area contributed by atoms with Crippen molar-refractivity contribution in [2.45, 2.75) is 13.3 Å². The molecule has 4 nitrogen and oxygen atoms in total. The molecule has 0 aliphatic rings. The fourth-order valence-electron chi connectivity index (χ4n) is 6.90. The van der Waals surface area contributed by atoms with Crippen molar-refractivity contribution in [3.8, 4) is 56.0 Å². The van der Waals surface area contributed by atoms with Crippen molar-refractivity contribution in [1.82, 2.24) is 15.0 Å². The molecule has 0 spiro atoms. The maximum absolute atomic E-state index is 5.94. The minimum atomic E-state index is 0.703. The monoisotopic (exact) mass is 629 g/mol. The maximum Gasteiger partial charge on any atom is 0.195 e. The standard InChI is InChI=1S/C45H31N3O/c1-2-42-46-40-28-32(24-26-41(40)49-42)34-18-8-9-20-37(34)43-35-19-7-6-13-29(35)23-25-36(43)31-16-12-17-33(27-31)45-47-39-22-11-10-21-38(39)44(48-45)30-14-4-3-5-15-30/h3-28H,2H2,1H3. The number of benzene rings is 7. The van der Waals surface area contributed by atoms with Crippen LogP contribution >= 0.6 is 0 Å². The van der Waals surface area contributed by atoms with Crippen molar-refractivity contribution in [2.24, 2.45) is 0 Å². The molecule has 9 rings (SSSR count). The van der Waals surface area contributed by atoms with Crippen LogP contribution in [-0.2, 0) is 6.42 Å². The SMILES string of the molecule is CCc1nc2cc(-c3ccccc3-c3c(-c4cccc(-c5nc(-c6ccccc6)c6ccccc6n5)c4)ccc4ccccc34)ccc2o1. The highest BCUT2D eigenvalue weighted by atomic mass is 16.3. The number of oxazole rings is 1. The molecule has 0 aliphatic heterocycles. The van der Waals surface area contributed by atoms with Gasteiger partial charge in [-0.2, -0.15) is 0 Å². The van der Waals surface area contributed by atoms with E-state index in [4.69, 9.17) is 19.4 Å². The summed E-state index contributed by atoms with van der Waals surface area (Å²) in [6.45, 7) is 2.06. The van der Waals surface area contributed by atoms with E-state index in [2.05, 4.69) is 140 Å². The van der Waals surface area contributed by atoms with Crippen LogP contribution in [0, 0.1) is 0 Å². The third-order valence-corrected chi connectivity index (χ3v) is 9.25. The van der Waals surface area contributed by atoms with E-state index in [1.54, 1.807) is 0 Å². The first-order valence-electron chi connectivity index (χ1n) is 16.7. The summed E-state index contributed by atoms with van der Waals surface area (Å²) in [5.74, 6) is 1.46. The first-order chi connectivity index (χ1) is 24.2. The van der Waals surface area contributed by atoms with Crippen molar-refractivity contribution in [3.05, 3.63) is 164 Å². The minimum Gasteiger partial charge on any atom is -0.441 e. The largest absolute Gasteiger partial charge is 0.441 e. The summed E-state index contributed by atoms with van der Waals surface area (Å²) < 4.78 is 5.94. The van der Waals surface area contributed by atoms with E-state index < -0.39 is 0 Å². The summed E-state index contributed by atoms with van der Waals surface area (Å²) in [4.78, 5) is 15.0. The second-order valence-corrected chi connectivity index (χ2v) is 12.3. The lowest BCUT2D eigenvalue weighted by Crippen LogP contribution is -1.96. The number of nitrogens with zero attached hydrogens (tertiary/aromatic N) is 3. The Kier molecular flexibility index (Phi) is 7.06. The molecule has 2 aromatic heterocycles. The number of para-hydroxylation sites is 1. The smallest absolute Gasteiger partial charge is 0.195 e. The van der Waals surface area contributed by atoms with E-state index in [1.807, 2.05) is 24.3 Å². The summed E-state index contributed by atoms with van der Waals surface area (Å²) in [6.07, 6.45) is 0.761. The molecule has 0 atom stereocenters. The Bertz CT molecular complexity index is 2660. The first kappa shape index (κ1) is 28.8. The Morgan fingerprint density at radius 1 is 0.469 bits per heavy atom. The predicted octanol–water partition coefficient (Wildman–Crippen LogP) is 11.8. The summed E-state index contributed by atoms with van der Waals surface area (Å²) in [7, 11) is 0. The number of aromatic nitrogens is 3. The first-order valence-corrected chi connectivity index (χ1v) is 16.7. The summed E-state index contributed by atoms with van der Waals surface area (Å²) in [6, 6.07) is 55.3. The highest BCUT2D eigenvalue weighted by Gasteiger charge is 2.18. The molecule has 232 valence electrons. The van der Waals surface area contributed by atoms with Gasteiger partial charge in [0.2, 0.25) is 0 Å². The van der Waals surface area contributed by atoms with Gasteiger partial charge in [-0.15, -0.1) is 0 Å². The fourth-order valence-corrected chi connectivity index (χ4v) is 6.90. The summed E-state index contributed by atoms with van der Waals surface area (Å²) in [5, 5.41) is 3.43. The quantitative estimate of drug-likeness (QED) is 0.184. The van der Waals surface area contributed by atoms with Crippen molar-refractivity contribution in [3.63, 3.8) is 0 Å². The topological polar surface area (TPSA) is 51.8 Å². The molecule has 2 heterocycles. The van der Waals surface area contributed by atoms with Gasteiger partial charge < -0.3 is 4.42 Å². The van der Waals surface area contributed by atoms with E-state index >= 15 is 0 Å². The highest BCUT2D eigenvalue weighted by Crippen LogP contribution is 2.43. The molecule has 9 aromatic rings. The molecular weight excluding hydrogens is 599 g/mol. The van der Waals surface area contributed by atoms with Crippen LogP contribution in [0.2, 0.25) is 0 Å². The molecule has 0 saturated heterocycles. The van der Waals surface area contributed by atoms with E-state index in [0.717, 1.165) is 79.0 Å². The van der Waals surface area contributed by atoms with Crippen LogP contribution in [0.25, 0.3) is 88.8 Å². The molecule has 0 radical (unpaired) electrons. The third-order valence-electron chi connectivity index (χ3n) is 9.25. The number of rotatable bonds is 6. The van der Waals surface area contributed by atoms with Crippen LogP contribution < -0.4 is 0 Å². The van der Waals surface area contributed by atoms with Gasteiger partial charge in [-0.3, -0.25) is 0 Å². The minimum absolute atomic E-state index is 0.703. The van der Waals surface area contributed by atoms with Crippen molar-refractivity contribution in [1.29, 1.82) is 0 Å². The maximum atomic E-state index is 5.94. The van der Waals surface area contributed by atoms with Gasteiger partial charge in [0.15, 0.2) is 17.3 Å². The summed E-state index contributed by atoms with van der Waals surface area (Å²) >= 11 is 0. The zero-order valence-electron chi connectivity index (χ0n) is 27.0. The Labute approximate surface area is 284 Å². The molecule has 7 aromatic carbocycles. The van der Waals surface area contributed by atoms with Crippen LogP contribution in [0.1, 0.15) is 12.8 Å². The fraction of sp³-hybridized carbons (Fsp3) is 0.0444.